The summed E-state index contributed by atoms with van der Waals surface area (Å²) in [5, 5.41) is 21.3. The van der Waals surface area contributed by atoms with Crippen molar-refractivity contribution in [3.8, 4) is 0 Å². The Morgan fingerprint density at radius 1 is 1.22 bits per heavy atom. The molecule has 0 saturated heterocycles. The highest BCUT2D eigenvalue weighted by molar-refractivity contribution is 4.99. The number of hydrogen-bond acceptors (Lipinski definition) is 2. The maximum absolute atomic E-state index is 11.2. The first-order chi connectivity index (χ1) is 8.42. The van der Waals surface area contributed by atoms with Crippen LogP contribution in [0.25, 0.3) is 0 Å². The van der Waals surface area contributed by atoms with Gasteiger partial charge in [0.2, 0.25) is 0 Å². The summed E-state index contributed by atoms with van der Waals surface area (Å²) in [6, 6.07) is 0. The Bertz CT molecular complexity index is 253. The van der Waals surface area contributed by atoms with Crippen molar-refractivity contribution in [1.82, 2.24) is 0 Å². The average Bonchev–Trinajstić information content (AvgIpc) is 2.37. The van der Waals surface area contributed by atoms with Crippen molar-refractivity contribution in [1.29, 1.82) is 0 Å². The SMILES string of the molecule is CCC(O)C(C)C1CCC(C)C(CC)C1(O)CC. The van der Waals surface area contributed by atoms with E-state index in [1.165, 1.54) is 6.42 Å². The lowest BCUT2D eigenvalue weighted by Crippen LogP contribution is -2.54. The first-order valence-corrected chi connectivity index (χ1v) is 7.82. The van der Waals surface area contributed by atoms with E-state index >= 15 is 0 Å². The largest absolute Gasteiger partial charge is 0.393 e. The topological polar surface area (TPSA) is 40.5 Å². The van der Waals surface area contributed by atoms with Crippen LogP contribution < -0.4 is 0 Å². The van der Waals surface area contributed by atoms with Crippen LogP contribution in [0.5, 0.6) is 0 Å². The van der Waals surface area contributed by atoms with Crippen LogP contribution in [0.15, 0.2) is 0 Å². The predicted octanol–water partition coefficient (Wildman–Crippen LogP) is 3.61. The van der Waals surface area contributed by atoms with Gasteiger partial charge in [-0.3, -0.25) is 0 Å². The van der Waals surface area contributed by atoms with Crippen LogP contribution in [-0.2, 0) is 0 Å². The summed E-state index contributed by atoms with van der Waals surface area (Å²) < 4.78 is 0. The van der Waals surface area contributed by atoms with E-state index in [1.807, 2.05) is 6.92 Å². The normalized spacial score (nSPS) is 40.5. The lowest BCUT2D eigenvalue weighted by atomic mass is 9.58. The van der Waals surface area contributed by atoms with Gasteiger partial charge in [0.05, 0.1) is 11.7 Å². The van der Waals surface area contributed by atoms with Crippen LogP contribution in [0.2, 0.25) is 0 Å². The summed E-state index contributed by atoms with van der Waals surface area (Å²) in [4.78, 5) is 0. The zero-order valence-corrected chi connectivity index (χ0v) is 12.8. The minimum Gasteiger partial charge on any atom is -0.393 e. The summed E-state index contributed by atoms with van der Waals surface area (Å²) in [7, 11) is 0. The molecule has 0 heterocycles. The number of aliphatic hydroxyl groups excluding tert-OH is 1. The van der Waals surface area contributed by atoms with E-state index in [2.05, 4.69) is 27.7 Å². The van der Waals surface area contributed by atoms with Gasteiger partial charge in [-0.05, 0) is 49.4 Å². The van der Waals surface area contributed by atoms with Gasteiger partial charge in [0.15, 0.2) is 0 Å². The molecule has 0 aliphatic heterocycles. The number of rotatable bonds is 5. The Balaban J connectivity index is 2.96. The van der Waals surface area contributed by atoms with Crippen LogP contribution in [0, 0.1) is 23.7 Å². The van der Waals surface area contributed by atoms with Crippen molar-refractivity contribution in [2.24, 2.45) is 23.7 Å². The van der Waals surface area contributed by atoms with Gasteiger partial charge >= 0.3 is 0 Å². The molecule has 0 spiro atoms. The van der Waals surface area contributed by atoms with E-state index in [0.29, 0.717) is 11.8 Å². The monoisotopic (exact) mass is 256 g/mol. The molecule has 1 aliphatic rings. The molecule has 6 atom stereocenters. The molecule has 0 aromatic rings. The molecule has 0 aromatic carbocycles. The molecule has 2 heteroatoms. The molecule has 1 fully saturated rings. The second-order valence-electron chi connectivity index (χ2n) is 6.36. The predicted molar refractivity (Wildman–Crippen MR) is 76.4 cm³/mol. The second-order valence-corrected chi connectivity index (χ2v) is 6.36. The highest BCUT2D eigenvalue weighted by Gasteiger charge is 2.49. The van der Waals surface area contributed by atoms with Gasteiger partial charge < -0.3 is 10.2 Å². The molecule has 0 amide bonds. The van der Waals surface area contributed by atoms with Crippen molar-refractivity contribution in [2.45, 2.75) is 78.4 Å². The lowest BCUT2D eigenvalue weighted by molar-refractivity contribution is -0.146. The molecule has 0 bridgehead atoms. The van der Waals surface area contributed by atoms with Crippen LogP contribution in [0.4, 0.5) is 0 Å². The van der Waals surface area contributed by atoms with Crippen molar-refractivity contribution in [3.05, 3.63) is 0 Å². The van der Waals surface area contributed by atoms with Crippen molar-refractivity contribution in [2.75, 3.05) is 0 Å². The maximum Gasteiger partial charge on any atom is 0.0707 e. The summed E-state index contributed by atoms with van der Waals surface area (Å²) >= 11 is 0. The molecule has 108 valence electrons. The van der Waals surface area contributed by atoms with E-state index in [1.54, 1.807) is 0 Å². The van der Waals surface area contributed by atoms with E-state index in [0.717, 1.165) is 25.7 Å². The van der Waals surface area contributed by atoms with Crippen molar-refractivity contribution >= 4 is 0 Å². The highest BCUT2D eigenvalue weighted by Crippen LogP contribution is 2.48. The molecule has 2 nitrogen and oxygen atoms in total. The molecular weight excluding hydrogens is 224 g/mol. The first kappa shape index (κ1) is 16.0. The first-order valence-electron chi connectivity index (χ1n) is 7.82. The van der Waals surface area contributed by atoms with Crippen LogP contribution >= 0.6 is 0 Å². The van der Waals surface area contributed by atoms with Gasteiger partial charge in [-0.1, -0.05) is 41.0 Å². The van der Waals surface area contributed by atoms with Crippen molar-refractivity contribution < 1.29 is 10.2 Å². The third kappa shape index (κ3) is 2.75. The van der Waals surface area contributed by atoms with Gasteiger partial charge in [-0.15, -0.1) is 0 Å². The summed E-state index contributed by atoms with van der Waals surface area (Å²) in [5.74, 6) is 1.43. The van der Waals surface area contributed by atoms with Gasteiger partial charge in [-0.25, -0.2) is 0 Å². The summed E-state index contributed by atoms with van der Waals surface area (Å²) in [6.45, 7) is 10.7. The van der Waals surface area contributed by atoms with Gasteiger partial charge in [-0.2, -0.15) is 0 Å². The smallest absolute Gasteiger partial charge is 0.0707 e. The molecule has 0 radical (unpaired) electrons. The fourth-order valence-electron chi connectivity index (χ4n) is 4.30. The van der Waals surface area contributed by atoms with Crippen LogP contribution in [0.1, 0.15) is 66.7 Å². The van der Waals surface area contributed by atoms with E-state index < -0.39 is 5.60 Å². The molecule has 1 rings (SSSR count). The van der Waals surface area contributed by atoms with Gasteiger partial charge in [0, 0.05) is 0 Å². The van der Waals surface area contributed by atoms with Crippen molar-refractivity contribution in [3.63, 3.8) is 0 Å². The van der Waals surface area contributed by atoms with Gasteiger partial charge in [0.25, 0.3) is 0 Å². The minimum atomic E-state index is -0.581. The molecule has 18 heavy (non-hydrogen) atoms. The van der Waals surface area contributed by atoms with E-state index in [9.17, 15) is 10.2 Å². The third-order valence-corrected chi connectivity index (χ3v) is 5.57. The van der Waals surface area contributed by atoms with E-state index in [-0.39, 0.29) is 17.9 Å². The molecule has 1 aliphatic carbocycles. The fraction of sp³-hybridized carbons (Fsp3) is 1.00. The molecule has 0 aromatic heterocycles. The van der Waals surface area contributed by atoms with Gasteiger partial charge in [0.1, 0.15) is 0 Å². The Kier molecular flexibility index (Phi) is 5.67. The summed E-state index contributed by atoms with van der Waals surface area (Å²) in [6.07, 6.45) is 4.59. The standard InChI is InChI=1S/C16H32O2/c1-6-13-11(4)9-10-14(16(13,18)8-3)12(5)15(17)7-2/h11-15,17-18H,6-10H2,1-5H3. The lowest BCUT2D eigenvalue weighted by Gasteiger charge is -2.51. The molecular formula is C16H32O2. The number of hydrogen-bond donors (Lipinski definition) is 2. The van der Waals surface area contributed by atoms with Crippen LogP contribution in [-0.4, -0.2) is 21.9 Å². The van der Waals surface area contributed by atoms with Crippen LogP contribution in [0.3, 0.4) is 0 Å². The highest BCUT2D eigenvalue weighted by atomic mass is 16.3. The Labute approximate surface area is 113 Å². The minimum absolute atomic E-state index is 0.196. The molecule has 6 unspecified atom stereocenters. The quantitative estimate of drug-likeness (QED) is 0.789. The fourth-order valence-corrected chi connectivity index (χ4v) is 4.30. The average molecular weight is 256 g/mol. The zero-order chi connectivity index (χ0) is 13.9. The number of aliphatic hydroxyl groups is 2. The maximum atomic E-state index is 11.2. The second kappa shape index (κ2) is 6.38. The Hall–Kier alpha value is -0.0800. The third-order valence-electron chi connectivity index (χ3n) is 5.57. The molecule has 1 saturated carbocycles. The molecule has 2 N–H and O–H groups in total. The summed E-state index contributed by atoms with van der Waals surface area (Å²) in [5.41, 5.74) is -0.581. The Morgan fingerprint density at radius 2 is 1.83 bits per heavy atom. The van der Waals surface area contributed by atoms with E-state index in [4.69, 9.17) is 0 Å². The zero-order valence-electron chi connectivity index (χ0n) is 12.8. The Morgan fingerprint density at radius 3 is 2.28 bits per heavy atom.